The molecule has 0 aliphatic rings. The summed E-state index contributed by atoms with van der Waals surface area (Å²) in [5.74, 6) is 0.720. The van der Waals surface area contributed by atoms with Crippen molar-refractivity contribution < 1.29 is 9.53 Å². The van der Waals surface area contributed by atoms with E-state index in [9.17, 15) is 4.79 Å². The molecule has 0 fully saturated rings. The first kappa shape index (κ1) is 26.9. The van der Waals surface area contributed by atoms with E-state index in [-0.39, 0.29) is 0 Å². The monoisotopic (exact) mass is 492 g/mol. The first-order chi connectivity index (χ1) is 17.1. The van der Waals surface area contributed by atoms with Crippen LogP contribution < -0.4 is 4.74 Å². The van der Waals surface area contributed by atoms with E-state index < -0.39 is 5.97 Å². The van der Waals surface area contributed by atoms with Gasteiger partial charge in [-0.05, 0) is 73.2 Å². The Balaban J connectivity index is 1.52. The van der Waals surface area contributed by atoms with Crippen LogP contribution in [0.25, 0.3) is 11.4 Å². The zero-order valence-electron chi connectivity index (χ0n) is 21.1. The highest BCUT2D eigenvalue weighted by Crippen LogP contribution is 2.23. The van der Waals surface area contributed by atoms with Crippen molar-refractivity contribution in [2.75, 3.05) is 0 Å². The Kier molecular flexibility index (Phi) is 11.2. The van der Waals surface area contributed by atoms with Crippen molar-refractivity contribution in [2.24, 2.45) is 0 Å². The van der Waals surface area contributed by atoms with Gasteiger partial charge in [0.15, 0.2) is 5.82 Å². The summed E-state index contributed by atoms with van der Waals surface area (Å²) >= 11 is 6.44. The number of hydrogen-bond acceptors (Lipinski definition) is 4. The van der Waals surface area contributed by atoms with Crippen molar-refractivity contribution in [1.82, 2.24) is 9.97 Å². The van der Waals surface area contributed by atoms with Crippen LogP contribution >= 0.6 is 11.6 Å². The zero-order valence-corrected chi connectivity index (χ0v) is 21.8. The van der Waals surface area contributed by atoms with Gasteiger partial charge in [-0.1, -0.05) is 76.5 Å². The summed E-state index contributed by atoms with van der Waals surface area (Å²) in [5, 5.41) is 0.622. The maximum Gasteiger partial charge on any atom is 0.343 e. The number of rotatable bonds is 14. The van der Waals surface area contributed by atoms with Crippen LogP contribution in [0, 0.1) is 0 Å². The number of halogens is 1. The molecular weight excluding hydrogens is 456 g/mol. The lowest BCUT2D eigenvalue weighted by molar-refractivity contribution is 0.0735. The summed E-state index contributed by atoms with van der Waals surface area (Å²) in [4.78, 5) is 21.6. The molecule has 5 heteroatoms. The molecule has 0 N–H and O–H groups in total. The molecule has 3 rings (SSSR count). The maximum atomic E-state index is 12.6. The van der Waals surface area contributed by atoms with Gasteiger partial charge >= 0.3 is 5.97 Å². The molecule has 0 radical (unpaired) electrons. The molecule has 0 aliphatic carbocycles. The molecule has 0 saturated heterocycles. The maximum absolute atomic E-state index is 12.6. The fraction of sp³-hybridized carbons (Fsp3) is 0.433. The minimum absolute atomic E-state index is 0.419. The molecule has 186 valence electrons. The smallest absolute Gasteiger partial charge is 0.343 e. The predicted octanol–water partition coefficient (Wildman–Crippen LogP) is 8.65. The molecule has 0 saturated carbocycles. The standard InChI is InChI=1S/C30H37ClN2O2/c1-3-5-7-9-11-13-24-14-15-26(20-28(24)31)30(34)35-27-18-16-25(17-19-27)29-32-21-23(22-33-29)12-10-8-6-4-2/h14-22H,3-13H2,1-2H3. The van der Waals surface area contributed by atoms with Gasteiger partial charge in [0.05, 0.1) is 5.56 Å². The number of nitrogens with zero attached hydrogens (tertiary/aromatic N) is 2. The van der Waals surface area contributed by atoms with E-state index in [1.807, 2.05) is 30.6 Å². The summed E-state index contributed by atoms with van der Waals surface area (Å²) in [5.41, 5.74) is 3.58. The van der Waals surface area contributed by atoms with Crippen LogP contribution in [0.2, 0.25) is 5.02 Å². The minimum Gasteiger partial charge on any atom is -0.423 e. The molecule has 1 heterocycles. The van der Waals surface area contributed by atoms with Crippen molar-refractivity contribution in [1.29, 1.82) is 0 Å². The van der Waals surface area contributed by atoms with E-state index in [1.165, 1.54) is 51.4 Å². The van der Waals surface area contributed by atoms with Gasteiger partial charge in [-0.25, -0.2) is 14.8 Å². The van der Waals surface area contributed by atoms with E-state index in [0.717, 1.165) is 36.0 Å². The fourth-order valence-electron chi connectivity index (χ4n) is 4.02. The van der Waals surface area contributed by atoms with E-state index in [1.54, 1.807) is 24.3 Å². The molecule has 0 unspecified atom stereocenters. The van der Waals surface area contributed by atoms with Gasteiger partial charge in [0, 0.05) is 23.0 Å². The van der Waals surface area contributed by atoms with Crippen molar-refractivity contribution in [3.63, 3.8) is 0 Å². The number of hydrogen-bond donors (Lipinski definition) is 0. The van der Waals surface area contributed by atoms with Crippen LogP contribution in [-0.4, -0.2) is 15.9 Å². The van der Waals surface area contributed by atoms with Crippen molar-refractivity contribution >= 4 is 17.6 Å². The molecule has 2 aromatic carbocycles. The SMILES string of the molecule is CCCCCCCc1ccc(C(=O)Oc2ccc(-c3ncc(CCCCCC)cn3)cc2)cc1Cl. The molecule has 0 bridgehead atoms. The Morgan fingerprint density at radius 1 is 0.800 bits per heavy atom. The second-order valence-electron chi connectivity index (χ2n) is 9.11. The lowest BCUT2D eigenvalue weighted by atomic mass is 10.0. The normalized spacial score (nSPS) is 10.9. The fourth-order valence-corrected chi connectivity index (χ4v) is 4.30. The van der Waals surface area contributed by atoms with Crippen LogP contribution in [0.4, 0.5) is 0 Å². The topological polar surface area (TPSA) is 52.1 Å². The molecule has 4 nitrogen and oxygen atoms in total. The van der Waals surface area contributed by atoms with Gasteiger partial charge in [0.2, 0.25) is 0 Å². The third-order valence-electron chi connectivity index (χ3n) is 6.19. The first-order valence-corrected chi connectivity index (χ1v) is 13.4. The van der Waals surface area contributed by atoms with Gasteiger partial charge in [0.25, 0.3) is 0 Å². The Bertz CT molecular complexity index is 1050. The Labute approximate surface area is 215 Å². The molecule has 3 aromatic rings. The summed E-state index contributed by atoms with van der Waals surface area (Å²) in [6.45, 7) is 4.43. The Morgan fingerprint density at radius 3 is 2.09 bits per heavy atom. The Hall–Kier alpha value is -2.72. The van der Waals surface area contributed by atoms with Crippen LogP contribution in [0.15, 0.2) is 54.9 Å². The van der Waals surface area contributed by atoms with Gasteiger partial charge in [-0.3, -0.25) is 0 Å². The summed E-state index contributed by atoms with van der Waals surface area (Å²) in [7, 11) is 0. The quantitative estimate of drug-likeness (QED) is 0.128. The second kappa shape index (κ2) is 14.6. The molecule has 35 heavy (non-hydrogen) atoms. The second-order valence-corrected chi connectivity index (χ2v) is 9.52. The molecule has 0 spiro atoms. The molecule has 0 amide bonds. The highest BCUT2D eigenvalue weighted by molar-refractivity contribution is 6.31. The summed E-state index contributed by atoms with van der Waals surface area (Å²) in [6.07, 6.45) is 16.8. The number of esters is 1. The van der Waals surface area contributed by atoms with E-state index in [4.69, 9.17) is 16.3 Å². The highest BCUT2D eigenvalue weighted by Gasteiger charge is 2.12. The van der Waals surface area contributed by atoms with Gasteiger partial charge < -0.3 is 4.74 Å². The van der Waals surface area contributed by atoms with Gasteiger partial charge in [-0.2, -0.15) is 0 Å². The number of aromatic nitrogens is 2. The van der Waals surface area contributed by atoms with E-state index in [0.29, 0.717) is 22.2 Å². The third-order valence-corrected chi connectivity index (χ3v) is 6.54. The number of carbonyl (C=O) groups is 1. The molecule has 1 aromatic heterocycles. The first-order valence-electron chi connectivity index (χ1n) is 13.0. The van der Waals surface area contributed by atoms with Gasteiger partial charge in [-0.15, -0.1) is 0 Å². The number of ether oxygens (including phenoxy) is 1. The van der Waals surface area contributed by atoms with E-state index >= 15 is 0 Å². The third kappa shape index (κ3) is 8.78. The Morgan fingerprint density at radius 2 is 1.43 bits per heavy atom. The largest absolute Gasteiger partial charge is 0.423 e. The minimum atomic E-state index is -0.419. The lowest BCUT2D eigenvalue weighted by Crippen LogP contribution is -2.08. The predicted molar refractivity (Wildman–Crippen MR) is 144 cm³/mol. The van der Waals surface area contributed by atoms with Crippen molar-refractivity contribution in [3.05, 3.63) is 76.6 Å². The highest BCUT2D eigenvalue weighted by atomic mass is 35.5. The van der Waals surface area contributed by atoms with Crippen LogP contribution in [0.1, 0.15) is 93.1 Å². The number of aryl methyl sites for hydroxylation is 2. The van der Waals surface area contributed by atoms with Crippen LogP contribution in [0.5, 0.6) is 5.75 Å². The molecular formula is C30H37ClN2O2. The van der Waals surface area contributed by atoms with Crippen LogP contribution in [-0.2, 0) is 12.8 Å². The van der Waals surface area contributed by atoms with Crippen LogP contribution in [0.3, 0.4) is 0 Å². The number of carbonyl (C=O) groups excluding carboxylic acids is 1. The molecule has 0 atom stereocenters. The lowest BCUT2D eigenvalue weighted by Gasteiger charge is -2.09. The zero-order chi connectivity index (χ0) is 24.9. The van der Waals surface area contributed by atoms with E-state index in [2.05, 4.69) is 23.8 Å². The van der Waals surface area contributed by atoms with Crippen molar-refractivity contribution in [3.8, 4) is 17.1 Å². The van der Waals surface area contributed by atoms with Crippen molar-refractivity contribution in [2.45, 2.75) is 84.5 Å². The average Bonchev–Trinajstić information content (AvgIpc) is 2.88. The number of benzene rings is 2. The number of unbranched alkanes of at least 4 members (excludes halogenated alkanes) is 7. The summed E-state index contributed by atoms with van der Waals surface area (Å²) < 4.78 is 5.56. The average molecular weight is 493 g/mol. The van der Waals surface area contributed by atoms with Gasteiger partial charge in [0.1, 0.15) is 5.75 Å². The summed E-state index contributed by atoms with van der Waals surface area (Å²) in [6, 6.07) is 12.7. The molecule has 0 aliphatic heterocycles.